The molecule has 17 heavy (non-hydrogen) atoms. The zero-order chi connectivity index (χ0) is 13.1. The number of H-pyrrole nitrogens is 1. The molecule has 7 nitrogen and oxygen atoms in total. The first kappa shape index (κ1) is 13.0. The molecule has 3 N–H and O–H groups in total. The van der Waals surface area contributed by atoms with E-state index in [9.17, 15) is 9.59 Å². The molecule has 0 fully saturated rings. The number of carbonyl (C=O) groups is 1. The lowest BCUT2D eigenvalue weighted by molar-refractivity contribution is 0.0522. The SMILES string of the molecule is CC(C)(C)OC(=O)NCc1nc(O)cc(=O)[nH]1. The standard InChI is InChI=1S/C10H15N3O4/c1-10(2,3)17-9(16)11-5-6-12-7(14)4-8(15)13-6/h4H,5H2,1-3H3,(H,11,16)(H2,12,13,14,15). The van der Waals surface area contributed by atoms with E-state index in [1.807, 2.05) is 0 Å². The molecule has 0 aliphatic rings. The van der Waals surface area contributed by atoms with Gasteiger partial charge in [-0.05, 0) is 20.8 Å². The molecule has 0 aliphatic heterocycles. The van der Waals surface area contributed by atoms with Crippen LogP contribution in [-0.4, -0.2) is 26.8 Å². The van der Waals surface area contributed by atoms with Crippen molar-refractivity contribution in [2.24, 2.45) is 0 Å². The highest BCUT2D eigenvalue weighted by Crippen LogP contribution is 2.06. The first-order valence-electron chi connectivity index (χ1n) is 5.02. The monoisotopic (exact) mass is 241 g/mol. The van der Waals surface area contributed by atoms with Gasteiger partial charge in [0, 0.05) is 0 Å². The molecule has 0 aromatic carbocycles. The molecule has 1 heterocycles. The third-order valence-corrected chi connectivity index (χ3v) is 1.58. The number of aromatic hydroxyl groups is 1. The maximum Gasteiger partial charge on any atom is 0.408 e. The molecular formula is C10H15N3O4. The lowest BCUT2D eigenvalue weighted by atomic mass is 10.2. The lowest BCUT2D eigenvalue weighted by Crippen LogP contribution is -2.32. The van der Waals surface area contributed by atoms with E-state index >= 15 is 0 Å². The van der Waals surface area contributed by atoms with E-state index in [0.717, 1.165) is 6.07 Å². The average Bonchev–Trinajstić information content (AvgIpc) is 2.10. The number of ether oxygens (including phenoxy) is 1. The van der Waals surface area contributed by atoms with Gasteiger partial charge in [0.1, 0.15) is 11.4 Å². The fourth-order valence-corrected chi connectivity index (χ4v) is 1.05. The van der Waals surface area contributed by atoms with E-state index in [2.05, 4.69) is 15.3 Å². The molecule has 0 spiro atoms. The van der Waals surface area contributed by atoms with Gasteiger partial charge in [0.25, 0.3) is 5.56 Å². The van der Waals surface area contributed by atoms with Gasteiger partial charge in [-0.15, -0.1) is 0 Å². The minimum absolute atomic E-state index is 0.0292. The maximum absolute atomic E-state index is 11.3. The Morgan fingerprint density at radius 1 is 1.59 bits per heavy atom. The van der Waals surface area contributed by atoms with E-state index < -0.39 is 23.1 Å². The molecule has 1 aromatic heterocycles. The Morgan fingerprint density at radius 3 is 2.76 bits per heavy atom. The van der Waals surface area contributed by atoms with Crippen LogP contribution < -0.4 is 10.9 Å². The van der Waals surface area contributed by atoms with Crippen molar-refractivity contribution in [3.63, 3.8) is 0 Å². The smallest absolute Gasteiger partial charge is 0.408 e. The Hall–Kier alpha value is -2.05. The predicted molar refractivity (Wildman–Crippen MR) is 59.6 cm³/mol. The van der Waals surface area contributed by atoms with Crippen LogP contribution in [0.25, 0.3) is 0 Å². The van der Waals surface area contributed by atoms with E-state index in [-0.39, 0.29) is 12.4 Å². The Bertz CT molecular complexity index is 461. The number of rotatable bonds is 2. The second-order valence-corrected chi connectivity index (χ2v) is 4.41. The van der Waals surface area contributed by atoms with Crippen molar-refractivity contribution in [3.05, 3.63) is 22.2 Å². The van der Waals surface area contributed by atoms with Gasteiger partial charge in [0.15, 0.2) is 0 Å². The number of hydrogen-bond acceptors (Lipinski definition) is 5. The topological polar surface area (TPSA) is 104 Å². The molecule has 0 saturated heterocycles. The van der Waals surface area contributed by atoms with Gasteiger partial charge >= 0.3 is 6.09 Å². The zero-order valence-corrected chi connectivity index (χ0v) is 9.90. The van der Waals surface area contributed by atoms with Crippen molar-refractivity contribution in [1.29, 1.82) is 0 Å². The number of amides is 1. The Labute approximate surface area is 97.8 Å². The molecule has 0 unspecified atom stereocenters. The minimum atomic E-state index is -0.622. The van der Waals surface area contributed by atoms with Crippen LogP contribution in [-0.2, 0) is 11.3 Å². The van der Waals surface area contributed by atoms with Gasteiger partial charge < -0.3 is 20.1 Å². The number of nitrogens with zero attached hydrogens (tertiary/aromatic N) is 1. The fourth-order valence-electron chi connectivity index (χ4n) is 1.05. The van der Waals surface area contributed by atoms with Crippen LogP contribution in [0.4, 0.5) is 4.79 Å². The van der Waals surface area contributed by atoms with Crippen molar-refractivity contribution in [2.75, 3.05) is 0 Å². The minimum Gasteiger partial charge on any atom is -0.493 e. The van der Waals surface area contributed by atoms with Crippen molar-refractivity contribution in [3.8, 4) is 5.88 Å². The summed E-state index contributed by atoms with van der Waals surface area (Å²) < 4.78 is 4.99. The van der Waals surface area contributed by atoms with Crippen LogP contribution in [0.15, 0.2) is 10.9 Å². The van der Waals surface area contributed by atoms with E-state index in [1.165, 1.54) is 0 Å². The van der Waals surface area contributed by atoms with Crippen LogP contribution in [0.1, 0.15) is 26.6 Å². The Morgan fingerprint density at radius 2 is 2.24 bits per heavy atom. The number of hydrogen-bond donors (Lipinski definition) is 3. The molecule has 0 atom stereocenters. The van der Waals surface area contributed by atoms with Gasteiger partial charge in [-0.1, -0.05) is 0 Å². The summed E-state index contributed by atoms with van der Waals surface area (Å²) in [6.07, 6.45) is -0.622. The fraction of sp³-hybridized carbons (Fsp3) is 0.500. The summed E-state index contributed by atoms with van der Waals surface area (Å²) in [5, 5.41) is 11.5. The summed E-state index contributed by atoms with van der Waals surface area (Å²) >= 11 is 0. The molecule has 1 aromatic rings. The molecule has 0 radical (unpaired) electrons. The third kappa shape index (κ3) is 5.01. The van der Waals surface area contributed by atoms with Gasteiger partial charge in [-0.3, -0.25) is 4.79 Å². The Balaban J connectivity index is 2.56. The summed E-state index contributed by atoms with van der Waals surface area (Å²) in [4.78, 5) is 28.3. The number of aromatic nitrogens is 2. The average molecular weight is 241 g/mol. The number of carbonyl (C=O) groups excluding carboxylic acids is 1. The second-order valence-electron chi connectivity index (χ2n) is 4.41. The molecule has 1 amide bonds. The number of nitrogens with one attached hydrogen (secondary N) is 2. The van der Waals surface area contributed by atoms with E-state index in [4.69, 9.17) is 9.84 Å². The van der Waals surface area contributed by atoms with Crippen molar-refractivity contribution in [2.45, 2.75) is 32.9 Å². The van der Waals surface area contributed by atoms with E-state index in [1.54, 1.807) is 20.8 Å². The van der Waals surface area contributed by atoms with Crippen molar-refractivity contribution in [1.82, 2.24) is 15.3 Å². The van der Waals surface area contributed by atoms with Crippen LogP contribution in [0, 0.1) is 0 Å². The maximum atomic E-state index is 11.3. The summed E-state index contributed by atoms with van der Waals surface area (Å²) in [5.41, 5.74) is -1.08. The lowest BCUT2D eigenvalue weighted by Gasteiger charge is -2.19. The first-order valence-corrected chi connectivity index (χ1v) is 5.02. The van der Waals surface area contributed by atoms with Gasteiger partial charge in [-0.2, -0.15) is 4.98 Å². The van der Waals surface area contributed by atoms with Crippen LogP contribution in [0.3, 0.4) is 0 Å². The zero-order valence-electron chi connectivity index (χ0n) is 9.90. The van der Waals surface area contributed by atoms with Crippen LogP contribution in [0.2, 0.25) is 0 Å². The summed E-state index contributed by atoms with van der Waals surface area (Å²) in [7, 11) is 0. The molecule has 0 saturated carbocycles. The largest absolute Gasteiger partial charge is 0.493 e. The van der Waals surface area contributed by atoms with Crippen LogP contribution >= 0.6 is 0 Å². The molecule has 1 rings (SSSR count). The van der Waals surface area contributed by atoms with Gasteiger partial charge in [-0.25, -0.2) is 4.79 Å². The highest BCUT2D eigenvalue weighted by atomic mass is 16.6. The van der Waals surface area contributed by atoms with Crippen LogP contribution in [0.5, 0.6) is 5.88 Å². The Kier molecular flexibility index (Phi) is 3.72. The summed E-state index contributed by atoms with van der Waals surface area (Å²) in [5.74, 6) is -0.240. The van der Waals surface area contributed by atoms with Crippen molar-refractivity contribution < 1.29 is 14.6 Å². The highest BCUT2D eigenvalue weighted by Gasteiger charge is 2.15. The normalized spacial score (nSPS) is 11.0. The molecular weight excluding hydrogens is 226 g/mol. The van der Waals surface area contributed by atoms with Crippen molar-refractivity contribution >= 4 is 6.09 Å². The third-order valence-electron chi connectivity index (χ3n) is 1.58. The predicted octanol–water partition coefficient (Wildman–Crippen LogP) is 0.500. The summed E-state index contributed by atoms with van der Waals surface area (Å²) in [6.45, 7) is 5.18. The number of alkyl carbamates (subject to hydrolysis) is 1. The van der Waals surface area contributed by atoms with Gasteiger partial charge in [0.2, 0.25) is 5.88 Å². The molecule has 0 bridgehead atoms. The highest BCUT2D eigenvalue weighted by molar-refractivity contribution is 5.67. The second kappa shape index (κ2) is 4.86. The quantitative estimate of drug-likeness (QED) is 0.699. The van der Waals surface area contributed by atoms with Gasteiger partial charge in [0.05, 0.1) is 12.6 Å². The number of aromatic amines is 1. The van der Waals surface area contributed by atoms with E-state index in [0.29, 0.717) is 0 Å². The first-order chi connectivity index (χ1) is 7.76. The molecule has 94 valence electrons. The molecule has 7 heteroatoms. The summed E-state index contributed by atoms with van der Waals surface area (Å²) in [6, 6.07) is 0.941. The molecule has 0 aliphatic carbocycles.